The van der Waals surface area contributed by atoms with Crippen molar-refractivity contribution in [1.82, 2.24) is 9.62 Å². The number of rotatable bonds is 3. The third-order valence-electron chi connectivity index (χ3n) is 3.10. The molecule has 7 nitrogen and oxygen atoms in total. The van der Waals surface area contributed by atoms with E-state index in [1.54, 1.807) is 6.92 Å². The standard InChI is InChI=1S/C12H14FN3O4S/c1-2-10-12(18)15-11(17)6-16(10)21(19,20)9-4-7(13)3-8(14)5-9/h3-5,10H,2,6,14H2,1H3,(H,15,17,18). The number of nitrogens with two attached hydrogens (primary N) is 1. The Morgan fingerprint density at radius 1 is 1.38 bits per heavy atom. The number of sulfonamides is 1. The van der Waals surface area contributed by atoms with Gasteiger partial charge in [0, 0.05) is 5.69 Å². The molecule has 9 heteroatoms. The van der Waals surface area contributed by atoms with Crippen LogP contribution in [0.15, 0.2) is 23.1 Å². The van der Waals surface area contributed by atoms with Crippen molar-refractivity contribution in [2.24, 2.45) is 0 Å². The second-order valence-corrected chi connectivity index (χ2v) is 6.50. The Labute approximate surface area is 121 Å². The van der Waals surface area contributed by atoms with Gasteiger partial charge in [-0.15, -0.1) is 0 Å². The third-order valence-corrected chi connectivity index (χ3v) is 4.93. The van der Waals surface area contributed by atoms with Gasteiger partial charge in [0.25, 0.3) is 0 Å². The first-order valence-corrected chi connectivity index (χ1v) is 7.61. The molecule has 114 valence electrons. The van der Waals surface area contributed by atoms with Crippen molar-refractivity contribution < 1.29 is 22.4 Å². The normalized spacial score (nSPS) is 20.4. The maximum absolute atomic E-state index is 13.3. The lowest BCUT2D eigenvalue weighted by Crippen LogP contribution is -2.59. The van der Waals surface area contributed by atoms with E-state index in [1.807, 2.05) is 0 Å². The summed E-state index contributed by atoms with van der Waals surface area (Å²) in [6, 6.07) is 1.85. The van der Waals surface area contributed by atoms with Crippen molar-refractivity contribution in [3.05, 3.63) is 24.0 Å². The maximum atomic E-state index is 13.3. The Morgan fingerprint density at radius 2 is 2.05 bits per heavy atom. The minimum atomic E-state index is -4.20. The van der Waals surface area contributed by atoms with Crippen molar-refractivity contribution in [3.8, 4) is 0 Å². The van der Waals surface area contributed by atoms with Crippen LogP contribution in [0.2, 0.25) is 0 Å². The van der Waals surface area contributed by atoms with E-state index in [-0.39, 0.29) is 17.0 Å². The molecule has 1 saturated heterocycles. The predicted molar refractivity (Wildman–Crippen MR) is 71.9 cm³/mol. The molecule has 1 atom stereocenters. The zero-order valence-corrected chi connectivity index (χ0v) is 12.0. The van der Waals surface area contributed by atoms with E-state index in [9.17, 15) is 22.4 Å². The molecule has 0 saturated carbocycles. The number of carbonyl (C=O) groups excluding carboxylic acids is 2. The van der Waals surface area contributed by atoms with Crippen molar-refractivity contribution in [2.75, 3.05) is 12.3 Å². The Kier molecular flexibility index (Phi) is 3.97. The van der Waals surface area contributed by atoms with Gasteiger partial charge in [-0.25, -0.2) is 12.8 Å². The molecule has 1 fully saturated rings. The molecule has 1 aromatic carbocycles. The molecule has 0 spiro atoms. The highest BCUT2D eigenvalue weighted by Gasteiger charge is 2.40. The van der Waals surface area contributed by atoms with E-state index in [2.05, 4.69) is 5.32 Å². The highest BCUT2D eigenvalue weighted by atomic mass is 32.2. The van der Waals surface area contributed by atoms with Gasteiger partial charge >= 0.3 is 0 Å². The summed E-state index contributed by atoms with van der Waals surface area (Å²) in [7, 11) is -4.20. The second kappa shape index (κ2) is 5.41. The summed E-state index contributed by atoms with van der Waals surface area (Å²) in [6.45, 7) is 1.12. The molecule has 1 unspecified atom stereocenters. The van der Waals surface area contributed by atoms with Crippen LogP contribution in [0.4, 0.5) is 10.1 Å². The van der Waals surface area contributed by atoms with Gasteiger partial charge in [-0.2, -0.15) is 4.31 Å². The van der Waals surface area contributed by atoms with Gasteiger partial charge < -0.3 is 5.73 Å². The summed E-state index contributed by atoms with van der Waals surface area (Å²) in [5, 5.41) is 2.07. The van der Waals surface area contributed by atoms with Crippen molar-refractivity contribution in [2.45, 2.75) is 24.3 Å². The fraction of sp³-hybridized carbons (Fsp3) is 0.333. The Balaban J connectivity index is 2.50. The Bertz CT molecular complexity index is 684. The number of halogens is 1. The van der Waals surface area contributed by atoms with E-state index < -0.39 is 40.2 Å². The average Bonchev–Trinajstić information content (AvgIpc) is 2.36. The van der Waals surface area contributed by atoms with Gasteiger partial charge in [0.2, 0.25) is 21.8 Å². The largest absolute Gasteiger partial charge is 0.399 e. The van der Waals surface area contributed by atoms with Crippen molar-refractivity contribution >= 4 is 27.5 Å². The smallest absolute Gasteiger partial charge is 0.245 e. The molecule has 1 aliphatic heterocycles. The maximum Gasteiger partial charge on any atom is 0.245 e. The summed E-state index contributed by atoms with van der Waals surface area (Å²) in [5.74, 6) is -2.23. The first-order chi connectivity index (χ1) is 9.75. The van der Waals surface area contributed by atoms with E-state index in [4.69, 9.17) is 5.73 Å². The fourth-order valence-corrected chi connectivity index (χ4v) is 3.84. The number of benzene rings is 1. The molecule has 0 bridgehead atoms. The first-order valence-electron chi connectivity index (χ1n) is 6.17. The zero-order chi connectivity index (χ0) is 15.8. The molecule has 0 aliphatic carbocycles. The van der Waals surface area contributed by atoms with Crippen molar-refractivity contribution in [1.29, 1.82) is 0 Å². The second-order valence-electron chi connectivity index (χ2n) is 4.61. The number of carbonyl (C=O) groups is 2. The third kappa shape index (κ3) is 2.88. The fourth-order valence-electron chi connectivity index (χ4n) is 2.15. The van der Waals surface area contributed by atoms with Gasteiger partial charge in [-0.1, -0.05) is 6.92 Å². The van der Waals surface area contributed by atoms with Crippen LogP contribution in [-0.4, -0.2) is 37.1 Å². The number of nitrogen functional groups attached to an aromatic ring is 1. The van der Waals surface area contributed by atoms with Gasteiger partial charge in [0.15, 0.2) is 0 Å². The highest BCUT2D eigenvalue weighted by molar-refractivity contribution is 7.89. The lowest BCUT2D eigenvalue weighted by atomic mass is 10.2. The topological polar surface area (TPSA) is 110 Å². The van der Waals surface area contributed by atoms with E-state index >= 15 is 0 Å². The quantitative estimate of drug-likeness (QED) is 0.594. The van der Waals surface area contributed by atoms with Crippen LogP contribution in [0.1, 0.15) is 13.3 Å². The molecule has 2 rings (SSSR count). The SMILES string of the molecule is CCC1C(=O)NC(=O)CN1S(=O)(=O)c1cc(N)cc(F)c1. The summed E-state index contributed by atoms with van der Waals surface area (Å²) in [6.07, 6.45) is 0.184. The predicted octanol–water partition coefficient (Wildman–Crippen LogP) is -0.166. The number of hydrogen-bond acceptors (Lipinski definition) is 5. The van der Waals surface area contributed by atoms with Crippen LogP contribution in [0.3, 0.4) is 0 Å². The van der Waals surface area contributed by atoms with E-state index in [0.29, 0.717) is 0 Å². The molecular weight excluding hydrogens is 301 g/mol. The van der Waals surface area contributed by atoms with Crippen molar-refractivity contribution in [3.63, 3.8) is 0 Å². The summed E-state index contributed by atoms with van der Waals surface area (Å²) >= 11 is 0. The Morgan fingerprint density at radius 3 is 2.62 bits per heavy atom. The molecule has 1 heterocycles. The number of nitrogens with one attached hydrogen (secondary N) is 1. The molecule has 1 aliphatic rings. The number of hydrogen-bond donors (Lipinski definition) is 2. The summed E-state index contributed by atoms with van der Waals surface area (Å²) in [4.78, 5) is 22.8. The highest BCUT2D eigenvalue weighted by Crippen LogP contribution is 2.24. The molecule has 3 N–H and O–H groups in total. The molecular formula is C12H14FN3O4S. The Hall–Kier alpha value is -2.00. The van der Waals surface area contributed by atoms with Crippen LogP contribution in [0, 0.1) is 5.82 Å². The van der Waals surface area contributed by atoms with Crippen LogP contribution >= 0.6 is 0 Å². The van der Waals surface area contributed by atoms with Crippen LogP contribution in [0.5, 0.6) is 0 Å². The van der Waals surface area contributed by atoms with Gasteiger partial charge in [0.05, 0.1) is 11.4 Å². The molecule has 2 amide bonds. The number of anilines is 1. The number of amides is 2. The van der Waals surface area contributed by atoms with Crippen LogP contribution < -0.4 is 11.1 Å². The zero-order valence-electron chi connectivity index (χ0n) is 11.2. The molecule has 0 aromatic heterocycles. The van der Waals surface area contributed by atoms with Gasteiger partial charge in [-0.3, -0.25) is 14.9 Å². The summed E-state index contributed by atoms with van der Waals surface area (Å²) < 4.78 is 39.2. The lowest BCUT2D eigenvalue weighted by Gasteiger charge is -2.32. The number of imide groups is 1. The average molecular weight is 315 g/mol. The van der Waals surface area contributed by atoms with Crippen LogP contribution in [0.25, 0.3) is 0 Å². The van der Waals surface area contributed by atoms with Crippen LogP contribution in [-0.2, 0) is 19.6 Å². The van der Waals surface area contributed by atoms with E-state index in [1.165, 1.54) is 0 Å². The monoisotopic (exact) mass is 315 g/mol. The van der Waals surface area contributed by atoms with E-state index in [0.717, 1.165) is 22.5 Å². The number of piperazine rings is 1. The van der Waals surface area contributed by atoms with Gasteiger partial charge in [0.1, 0.15) is 11.9 Å². The minimum absolute atomic E-state index is 0.0607. The van der Waals surface area contributed by atoms with Gasteiger partial charge in [-0.05, 0) is 24.6 Å². The molecule has 1 aromatic rings. The molecule has 21 heavy (non-hydrogen) atoms. The molecule has 0 radical (unpaired) electrons. The summed E-state index contributed by atoms with van der Waals surface area (Å²) in [5.41, 5.74) is 5.38. The number of nitrogens with zero attached hydrogens (tertiary/aromatic N) is 1. The minimum Gasteiger partial charge on any atom is -0.399 e. The first kappa shape index (κ1) is 15.4. The lowest BCUT2D eigenvalue weighted by molar-refractivity contribution is -0.137.